The highest BCUT2D eigenvalue weighted by Crippen LogP contribution is 2.46. The summed E-state index contributed by atoms with van der Waals surface area (Å²) in [5.74, 6) is 0.991. The van der Waals surface area contributed by atoms with E-state index in [9.17, 15) is 0 Å². The minimum Gasteiger partial charge on any atom is -0.121 e. The minimum absolute atomic E-state index is 0.235. The van der Waals surface area contributed by atoms with Gasteiger partial charge in [-0.3, -0.25) is 0 Å². The Hall–Kier alpha value is -0.750. The lowest BCUT2D eigenvalue weighted by Crippen LogP contribution is -2.24. The molecule has 2 atom stereocenters. The van der Waals surface area contributed by atoms with Gasteiger partial charge in [-0.1, -0.05) is 35.5 Å². The summed E-state index contributed by atoms with van der Waals surface area (Å²) >= 11 is 6.96. The zero-order chi connectivity index (χ0) is 13.5. The molecule has 106 valence electrons. The quantitative estimate of drug-likeness (QED) is 0.571. The van der Waals surface area contributed by atoms with Gasteiger partial charge < -0.3 is 0 Å². The van der Waals surface area contributed by atoms with Crippen molar-refractivity contribution >= 4 is 11.6 Å². The van der Waals surface area contributed by atoms with Crippen LogP contribution in [0.5, 0.6) is 0 Å². The molecule has 0 aromatic heterocycles. The Morgan fingerprint density at radius 2 is 1.20 bits per heavy atom. The van der Waals surface area contributed by atoms with Crippen LogP contribution in [0.1, 0.15) is 51.4 Å². The molecule has 0 N–H and O–H groups in total. The Labute approximate surface area is 127 Å². The van der Waals surface area contributed by atoms with E-state index in [0.717, 1.165) is 0 Å². The van der Waals surface area contributed by atoms with Gasteiger partial charge in [0.2, 0.25) is 0 Å². The number of rotatable bonds is 2. The van der Waals surface area contributed by atoms with Gasteiger partial charge >= 0.3 is 0 Å². The first kappa shape index (κ1) is 13.0. The van der Waals surface area contributed by atoms with Gasteiger partial charge in [-0.2, -0.15) is 0 Å². The maximum absolute atomic E-state index is 6.96. The highest BCUT2D eigenvalue weighted by atomic mass is 35.5. The summed E-state index contributed by atoms with van der Waals surface area (Å²) in [6.45, 7) is 0. The number of hydrogen-bond acceptors (Lipinski definition) is 0. The third-order valence-electron chi connectivity index (χ3n) is 5.61. The largest absolute Gasteiger partial charge is 0.121 e. The zero-order valence-corrected chi connectivity index (χ0v) is 12.8. The first-order chi connectivity index (χ1) is 9.84. The van der Waals surface area contributed by atoms with Crippen molar-refractivity contribution in [3.8, 4) is 0 Å². The van der Waals surface area contributed by atoms with E-state index in [0.29, 0.717) is 11.8 Å². The molecule has 0 bridgehead atoms. The molecule has 0 saturated carbocycles. The molecule has 0 aromatic rings. The predicted octanol–water partition coefficient (Wildman–Crippen LogP) is 5.71. The maximum atomic E-state index is 6.96. The lowest BCUT2D eigenvalue weighted by Gasteiger charge is -2.29. The van der Waals surface area contributed by atoms with Gasteiger partial charge in [0.25, 0.3) is 0 Å². The third kappa shape index (κ3) is 2.04. The lowest BCUT2D eigenvalue weighted by molar-refractivity contribution is 0.532. The van der Waals surface area contributed by atoms with E-state index in [2.05, 4.69) is 24.3 Å². The summed E-state index contributed by atoms with van der Waals surface area (Å²) in [5.41, 5.74) is 6.53. The first-order valence-electron chi connectivity index (χ1n) is 8.29. The SMILES string of the molecule is ClC(C1C=CC2=C1CCCC2)C1C=CC2=C1CCCC2. The zero-order valence-electron chi connectivity index (χ0n) is 12.1. The van der Waals surface area contributed by atoms with Crippen LogP contribution in [-0.2, 0) is 0 Å². The third-order valence-corrected chi connectivity index (χ3v) is 6.15. The topological polar surface area (TPSA) is 0 Å². The van der Waals surface area contributed by atoms with Crippen LogP contribution in [0, 0.1) is 11.8 Å². The molecule has 4 aliphatic rings. The molecule has 0 nitrogen and oxygen atoms in total. The summed E-state index contributed by atoms with van der Waals surface area (Å²) in [7, 11) is 0. The molecule has 0 aromatic carbocycles. The number of hydrogen-bond donors (Lipinski definition) is 0. The average Bonchev–Trinajstić information content (AvgIpc) is 3.11. The fourth-order valence-corrected chi connectivity index (χ4v) is 5.01. The summed E-state index contributed by atoms with van der Waals surface area (Å²) in [6.07, 6.45) is 20.1. The summed E-state index contributed by atoms with van der Waals surface area (Å²) in [6, 6.07) is 0. The van der Waals surface area contributed by atoms with Crippen LogP contribution < -0.4 is 0 Å². The summed E-state index contributed by atoms with van der Waals surface area (Å²) in [4.78, 5) is 0. The molecule has 20 heavy (non-hydrogen) atoms. The van der Waals surface area contributed by atoms with Crippen LogP contribution >= 0.6 is 11.6 Å². The summed E-state index contributed by atoms with van der Waals surface area (Å²) < 4.78 is 0. The average molecular weight is 287 g/mol. The number of allylic oxidation sites excluding steroid dienone is 8. The molecule has 0 radical (unpaired) electrons. The number of halogens is 1. The van der Waals surface area contributed by atoms with E-state index in [-0.39, 0.29) is 5.38 Å². The van der Waals surface area contributed by atoms with Crippen LogP contribution in [0.3, 0.4) is 0 Å². The molecule has 1 heteroatoms. The van der Waals surface area contributed by atoms with E-state index in [1.165, 1.54) is 51.4 Å². The smallest absolute Gasteiger partial charge is 0.0536 e. The Bertz CT molecular complexity index is 484. The van der Waals surface area contributed by atoms with Gasteiger partial charge in [0.05, 0.1) is 5.38 Å². The van der Waals surface area contributed by atoms with Crippen molar-refractivity contribution in [2.45, 2.75) is 56.7 Å². The van der Waals surface area contributed by atoms with E-state index in [1.54, 1.807) is 22.3 Å². The van der Waals surface area contributed by atoms with Crippen molar-refractivity contribution in [2.75, 3.05) is 0 Å². The molecule has 0 heterocycles. The van der Waals surface area contributed by atoms with Gasteiger partial charge in [-0.25, -0.2) is 0 Å². The molecule has 0 fully saturated rings. The van der Waals surface area contributed by atoms with Crippen molar-refractivity contribution in [1.82, 2.24) is 0 Å². The highest BCUT2D eigenvalue weighted by molar-refractivity contribution is 6.21. The summed E-state index contributed by atoms with van der Waals surface area (Å²) in [5, 5.41) is 0.235. The van der Waals surface area contributed by atoms with Gasteiger partial charge in [0.15, 0.2) is 0 Å². The van der Waals surface area contributed by atoms with Crippen LogP contribution in [0.15, 0.2) is 46.6 Å². The molecule has 4 rings (SSSR count). The molecule has 0 amide bonds. The Morgan fingerprint density at radius 3 is 1.70 bits per heavy atom. The molecular formula is C19H23Cl. The van der Waals surface area contributed by atoms with E-state index in [4.69, 9.17) is 11.6 Å². The second kappa shape index (κ2) is 5.22. The van der Waals surface area contributed by atoms with Crippen LogP contribution in [-0.4, -0.2) is 5.38 Å². The van der Waals surface area contributed by atoms with Gasteiger partial charge in [0, 0.05) is 11.8 Å². The molecule has 0 aliphatic heterocycles. The van der Waals surface area contributed by atoms with E-state index < -0.39 is 0 Å². The van der Waals surface area contributed by atoms with Crippen LogP contribution in [0.25, 0.3) is 0 Å². The van der Waals surface area contributed by atoms with Gasteiger partial charge in [-0.15, -0.1) is 11.6 Å². The molecule has 0 spiro atoms. The Kier molecular flexibility index (Phi) is 3.38. The van der Waals surface area contributed by atoms with E-state index >= 15 is 0 Å². The Balaban J connectivity index is 1.58. The normalized spacial score (nSPS) is 33.6. The standard InChI is InChI=1S/C19H23Cl/c20-19(17-11-9-13-5-1-3-7-15(13)17)18-12-10-14-6-2-4-8-16(14)18/h9-12,17-19H,1-8H2. The highest BCUT2D eigenvalue weighted by Gasteiger charge is 2.36. The fraction of sp³-hybridized carbons (Fsp3) is 0.579. The van der Waals surface area contributed by atoms with Gasteiger partial charge in [-0.05, 0) is 62.5 Å². The van der Waals surface area contributed by atoms with Crippen LogP contribution in [0.2, 0.25) is 0 Å². The van der Waals surface area contributed by atoms with E-state index in [1.807, 2.05) is 0 Å². The van der Waals surface area contributed by atoms with Crippen molar-refractivity contribution in [3.63, 3.8) is 0 Å². The van der Waals surface area contributed by atoms with Crippen LogP contribution in [0.4, 0.5) is 0 Å². The maximum Gasteiger partial charge on any atom is 0.0536 e. The second-order valence-corrected chi connectivity index (χ2v) is 7.23. The van der Waals surface area contributed by atoms with Crippen molar-refractivity contribution in [3.05, 3.63) is 46.6 Å². The number of alkyl halides is 1. The molecular weight excluding hydrogens is 264 g/mol. The molecule has 4 aliphatic carbocycles. The predicted molar refractivity (Wildman–Crippen MR) is 85.9 cm³/mol. The minimum atomic E-state index is 0.235. The Morgan fingerprint density at radius 1 is 0.750 bits per heavy atom. The molecule has 0 saturated heterocycles. The van der Waals surface area contributed by atoms with Crippen molar-refractivity contribution < 1.29 is 0 Å². The first-order valence-corrected chi connectivity index (χ1v) is 8.72. The van der Waals surface area contributed by atoms with Crippen molar-refractivity contribution in [2.24, 2.45) is 11.8 Å². The van der Waals surface area contributed by atoms with Crippen molar-refractivity contribution in [1.29, 1.82) is 0 Å². The second-order valence-electron chi connectivity index (χ2n) is 6.73. The van der Waals surface area contributed by atoms with Gasteiger partial charge in [0.1, 0.15) is 0 Å². The fourth-order valence-electron chi connectivity index (χ4n) is 4.54. The monoisotopic (exact) mass is 286 g/mol. The lowest BCUT2D eigenvalue weighted by atomic mass is 9.80. The molecule has 2 unspecified atom stereocenters.